The number of anilines is 1. The fourth-order valence-electron chi connectivity index (χ4n) is 2.05. The Labute approximate surface area is 115 Å². The van der Waals surface area contributed by atoms with Crippen LogP contribution >= 0.6 is 0 Å². The second-order valence-corrected chi connectivity index (χ2v) is 5.04. The maximum atomic E-state index is 5.88. The van der Waals surface area contributed by atoms with Crippen molar-refractivity contribution in [3.05, 3.63) is 58.7 Å². The summed E-state index contributed by atoms with van der Waals surface area (Å²) in [7, 11) is 0. The van der Waals surface area contributed by atoms with Gasteiger partial charge in [0.05, 0.1) is 6.61 Å². The van der Waals surface area contributed by atoms with Crippen LogP contribution in [0.5, 0.6) is 5.75 Å². The van der Waals surface area contributed by atoms with Crippen molar-refractivity contribution in [2.75, 3.05) is 12.3 Å². The molecule has 2 rings (SSSR count). The summed E-state index contributed by atoms with van der Waals surface area (Å²) in [6.45, 7) is 7.01. The Kier molecular flexibility index (Phi) is 4.10. The zero-order valence-corrected chi connectivity index (χ0v) is 11.9. The van der Waals surface area contributed by atoms with E-state index in [0.717, 1.165) is 17.9 Å². The molecule has 0 bridgehead atoms. The zero-order valence-electron chi connectivity index (χ0n) is 11.9. The van der Waals surface area contributed by atoms with Gasteiger partial charge in [0, 0.05) is 12.1 Å². The van der Waals surface area contributed by atoms with Crippen LogP contribution in [-0.2, 0) is 6.42 Å². The number of nitrogens with two attached hydrogens (primary N) is 1. The van der Waals surface area contributed by atoms with Gasteiger partial charge in [-0.15, -0.1) is 0 Å². The molecule has 2 aromatic rings. The minimum absolute atomic E-state index is 0.688. The van der Waals surface area contributed by atoms with Gasteiger partial charge in [-0.3, -0.25) is 0 Å². The molecule has 0 spiro atoms. The number of ether oxygens (including phenoxy) is 1. The van der Waals surface area contributed by atoms with Crippen LogP contribution in [0.4, 0.5) is 5.69 Å². The molecule has 0 aromatic heterocycles. The first kappa shape index (κ1) is 13.5. The van der Waals surface area contributed by atoms with Crippen LogP contribution in [0.25, 0.3) is 0 Å². The Hall–Kier alpha value is -1.96. The third-order valence-electron chi connectivity index (χ3n) is 3.42. The molecular weight excluding hydrogens is 234 g/mol. The molecule has 0 amide bonds. The highest BCUT2D eigenvalue weighted by atomic mass is 16.5. The molecule has 100 valence electrons. The van der Waals surface area contributed by atoms with Gasteiger partial charge in [-0.1, -0.05) is 18.2 Å². The van der Waals surface area contributed by atoms with E-state index in [0.29, 0.717) is 6.61 Å². The van der Waals surface area contributed by atoms with Crippen LogP contribution in [-0.4, -0.2) is 6.61 Å². The van der Waals surface area contributed by atoms with Crippen molar-refractivity contribution in [1.29, 1.82) is 0 Å². The summed E-state index contributed by atoms with van der Waals surface area (Å²) in [4.78, 5) is 0. The molecule has 0 fully saturated rings. The minimum atomic E-state index is 0.688. The molecule has 0 saturated carbocycles. The van der Waals surface area contributed by atoms with Gasteiger partial charge in [-0.05, 0) is 61.2 Å². The number of hydrogen-bond acceptors (Lipinski definition) is 2. The fourth-order valence-corrected chi connectivity index (χ4v) is 2.05. The Bertz CT molecular complexity index is 558. The predicted molar refractivity (Wildman–Crippen MR) is 80.7 cm³/mol. The van der Waals surface area contributed by atoms with E-state index in [1.165, 1.54) is 22.3 Å². The van der Waals surface area contributed by atoms with Crippen molar-refractivity contribution < 1.29 is 4.74 Å². The first-order chi connectivity index (χ1) is 9.06. The third kappa shape index (κ3) is 3.50. The number of rotatable bonds is 4. The smallest absolute Gasteiger partial charge is 0.122 e. The van der Waals surface area contributed by atoms with Crippen molar-refractivity contribution in [3.63, 3.8) is 0 Å². The van der Waals surface area contributed by atoms with Crippen molar-refractivity contribution in [1.82, 2.24) is 0 Å². The second-order valence-electron chi connectivity index (χ2n) is 5.04. The van der Waals surface area contributed by atoms with Crippen molar-refractivity contribution in [2.45, 2.75) is 27.2 Å². The van der Waals surface area contributed by atoms with E-state index in [4.69, 9.17) is 10.5 Å². The molecule has 0 radical (unpaired) electrons. The number of aryl methyl sites for hydroxylation is 3. The lowest BCUT2D eigenvalue weighted by Crippen LogP contribution is -2.03. The number of hydrogen-bond donors (Lipinski definition) is 1. The van der Waals surface area contributed by atoms with E-state index in [-0.39, 0.29) is 0 Å². The van der Waals surface area contributed by atoms with Crippen LogP contribution in [0.1, 0.15) is 22.3 Å². The number of benzene rings is 2. The Morgan fingerprint density at radius 1 is 0.895 bits per heavy atom. The Morgan fingerprint density at radius 2 is 1.53 bits per heavy atom. The summed E-state index contributed by atoms with van der Waals surface area (Å²) < 4.78 is 5.88. The SMILES string of the molecule is Cc1cc(C)c(OCCc2ccc(N)cc2)cc1C. The molecule has 0 heterocycles. The summed E-state index contributed by atoms with van der Waals surface area (Å²) in [5.41, 5.74) is 11.5. The Balaban J connectivity index is 1.96. The maximum Gasteiger partial charge on any atom is 0.122 e. The quantitative estimate of drug-likeness (QED) is 0.843. The largest absolute Gasteiger partial charge is 0.493 e. The van der Waals surface area contributed by atoms with Gasteiger partial charge in [-0.25, -0.2) is 0 Å². The van der Waals surface area contributed by atoms with E-state index in [9.17, 15) is 0 Å². The highest BCUT2D eigenvalue weighted by Gasteiger charge is 2.03. The molecule has 0 saturated heterocycles. The molecule has 0 aliphatic heterocycles. The molecule has 0 aliphatic rings. The van der Waals surface area contributed by atoms with E-state index in [2.05, 4.69) is 32.9 Å². The highest BCUT2D eigenvalue weighted by Crippen LogP contribution is 2.22. The molecule has 0 unspecified atom stereocenters. The first-order valence-electron chi connectivity index (χ1n) is 6.61. The van der Waals surface area contributed by atoms with Crippen LogP contribution in [0.15, 0.2) is 36.4 Å². The minimum Gasteiger partial charge on any atom is -0.493 e. The zero-order chi connectivity index (χ0) is 13.8. The molecule has 0 aliphatic carbocycles. The monoisotopic (exact) mass is 255 g/mol. The molecule has 2 aromatic carbocycles. The fraction of sp³-hybridized carbons (Fsp3) is 0.294. The Morgan fingerprint density at radius 3 is 2.21 bits per heavy atom. The van der Waals surface area contributed by atoms with Gasteiger partial charge < -0.3 is 10.5 Å². The van der Waals surface area contributed by atoms with E-state index in [1.807, 2.05) is 24.3 Å². The van der Waals surface area contributed by atoms with Gasteiger partial charge in [0.1, 0.15) is 5.75 Å². The van der Waals surface area contributed by atoms with Gasteiger partial charge in [0.15, 0.2) is 0 Å². The molecule has 0 atom stereocenters. The van der Waals surface area contributed by atoms with Gasteiger partial charge in [0.25, 0.3) is 0 Å². The summed E-state index contributed by atoms with van der Waals surface area (Å²) in [5, 5.41) is 0. The average Bonchev–Trinajstić information content (AvgIpc) is 2.38. The molecule has 2 N–H and O–H groups in total. The van der Waals surface area contributed by atoms with Crippen molar-refractivity contribution in [2.24, 2.45) is 0 Å². The lowest BCUT2D eigenvalue weighted by molar-refractivity contribution is 0.319. The van der Waals surface area contributed by atoms with Gasteiger partial charge in [0.2, 0.25) is 0 Å². The van der Waals surface area contributed by atoms with E-state index in [1.54, 1.807) is 0 Å². The summed E-state index contributed by atoms with van der Waals surface area (Å²) in [5.74, 6) is 0.985. The second kappa shape index (κ2) is 5.79. The summed E-state index contributed by atoms with van der Waals surface area (Å²) in [6.07, 6.45) is 0.895. The first-order valence-corrected chi connectivity index (χ1v) is 6.61. The van der Waals surface area contributed by atoms with Gasteiger partial charge in [-0.2, -0.15) is 0 Å². The normalized spacial score (nSPS) is 10.5. The van der Waals surface area contributed by atoms with Crippen LogP contribution < -0.4 is 10.5 Å². The summed E-state index contributed by atoms with van der Waals surface area (Å²) >= 11 is 0. The topological polar surface area (TPSA) is 35.2 Å². The number of nitrogen functional groups attached to an aromatic ring is 1. The molecule has 19 heavy (non-hydrogen) atoms. The molecule has 2 nitrogen and oxygen atoms in total. The van der Waals surface area contributed by atoms with Crippen LogP contribution in [0, 0.1) is 20.8 Å². The molecular formula is C17H21NO. The predicted octanol–water partition coefficient (Wildman–Crippen LogP) is 3.82. The van der Waals surface area contributed by atoms with Crippen molar-refractivity contribution in [3.8, 4) is 5.75 Å². The lowest BCUT2D eigenvalue weighted by atomic mass is 10.1. The van der Waals surface area contributed by atoms with E-state index < -0.39 is 0 Å². The highest BCUT2D eigenvalue weighted by molar-refractivity contribution is 5.41. The molecule has 2 heteroatoms. The van der Waals surface area contributed by atoms with Crippen molar-refractivity contribution >= 4 is 5.69 Å². The average molecular weight is 255 g/mol. The van der Waals surface area contributed by atoms with Crippen LogP contribution in [0.2, 0.25) is 0 Å². The maximum absolute atomic E-state index is 5.88. The van der Waals surface area contributed by atoms with Crippen LogP contribution in [0.3, 0.4) is 0 Å². The van der Waals surface area contributed by atoms with Gasteiger partial charge >= 0.3 is 0 Å². The summed E-state index contributed by atoms with van der Waals surface area (Å²) in [6, 6.07) is 12.2. The lowest BCUT2D eigenvalue weighted by Gasteiger charge is -2.12. The third-order valence-corrected chi connectivity index (χ3v) is 3.42. The standard InChI is InChI=1S/C17H21NO/c1-12-10-14(3)17(11-13(12)2)19-9-8-15-4-6-16(18)7-5-15/h4-7,10-11H,8-9,18H2,1-3H3. The van der Waals surface area contributed by atoms with E-state index >= 15 is 0 Å².